The highest BCUT2D eigenvalue weighted by atomic mass is 35.5. The Bertz CT molecular complexity index is 586. The molecule has 8 heteroatoms. The molecule has 2 amide bonds. The van der Waals surface area contributed by atoms with Crippen LogP contribution in [0.25, 0.3) is 0 Å². The van der Waals surface area contributed by atoms with E-state index in [1.54, 1.807) is 25.2 Å². The van der Waals surface area contributed by atoms with E-state index in [0.29, 0.717) is 28.9 Å². The molecule has 0 aromatic heterocycles. The first-order chi connectivity index (χ1) is 11.4. The lowest BCUT2D eigenvalue weighted by Gasteiger charge is -2.29. The molecule has 0 radical (unpaired) electrons. The second-order valence-corrected chi connectivity index (χ2v) is 6.63. The van der Waals surface area contributed by atoms with Crippen LogP contribution in [0.1, 0.15) is 12.8 Å². The van der Waals surface area contributed by atoms with Crippen molar-refractivity contribution in [2.24, 2.45) is 11.7 Å². The number of nitrogens with zero attached hydrogens (tertiary/aromatic N) is 1. The van der Waals surface area contributed by atoms with Gasteiger partial charge in [-0.2, -0.15) is 0 Å². The number of hydrogen-bond donors (Lipinski definition) is 2. The van der Waals surface area contributed by atoms with Crippen LogP contribution >= 0.6 is 23.2 Å². The third-order valence-electron chi connectivity index (χ3n) is 4.04. The summed E-state index contributed by atoms with van der Waals surface area (Å²) in [5.41, 5.74) is 6.38. The molecular formula is C16H21Cl2N3O3. The second kappa shape index (κ2) is 8.67. The molecule has 0 spiro atoms. The average molecular weight is 374 g/mol. The number of halogens is 2. The van der Waals surface area contributed by atoms with Gasteiger partial charge in [-0.05, 0) is 30.9 Å². The first-order valence-electron chi connectivity index (χ1n) is 7.72. The predicted molar refractivity (Wildman–Crippen MR) is 94.2 cm³/mol. The van der Waals surface area contributed by atoms with Crippen LogP contribution < -0.4 is 11.1 Å². The number of carbonyl (C=O) groups is 2. The number of carbonyl (C=O) groups excluding carboxylic acids is 2. The highest BCUT2D eigenvalue weighted by Gasteiger charge is 2.29. The normalized spacial score (nSPS) is 16.5. The van der Waals surface area contributed by atoms with E-state index in [-0.39, 0.29) is 24.3 Å². The van der Waals surface area contributed by atoms with Crippen molar-refractivity contribution >= 4 is 40.7 Å². The summed E-state index contributed by atoms with van der Waals surface area (Å²) in [7, 11) is 1.55. The number of nitrogens with one attached hydrogen (secondary N) is 1. The summed E-state index contributed by atoms with van der Waals surface area (Å²) in [5, 5.41) is 3.30. The molecular weight excluding hydrogens is 353 g/mol. The molecule has 1 aromatic rings. The summed E-state index contributed by atoms with van der Waals surface area (Å²) in [5.74, 6) is -0.572. The molecule has 0 aliphatic carbocycles. The molecule has 132 valence electrons. The van der Waals surface area contributed by atoms with Gasteiger partial charge < -0.3 is 20.7 Å². The molecule has 2 rings (SSSR count). The summed E-state index contributed by atoms with van der Waals surface area (Å²) < 4.78 is 5.27. The quantitative estimate of drug-likeness (QED) is 0.827. The highest BCUT2D eigenvalue weighted by molar-refractivity contribution is 6.39. The van der Waals surface area contributed by atoms with E-state index in [0.717, 1.165) is 12.8 Å². The smallest absolute Gasteiger partial charge is 0.244 e. The van der Waals surface area contributed by atoms with E-state index in [4.69, 9.17) is 33.7 Å². The summed E-state index contributed by atoms with van der Waals surface area (Å²) in [6.07, 6.45) is 1.50. The van der Waals surface area contributed by atoms with Crippen LogP contribution in [0.2, 0.25) is 10.0 Å². The first kappa shape index (κ1) is 19.0. The van der Waals surface area contributed by atoms with Crippen LogP contribution in [0.15, 0.2) is 18.2 Å². The van der Waals surface area contributed by atoms with Crippen LogP contribution in [-0.2, 0) is 14.3 Å². The maximum Gasteiger partial charge on any atom is 0.244 e. The summed E-state index contributed by atoms with van der Waals surface area (Å²) in [4.78, 5) is 25.9. The SMILES string of the molecule is CN(CC(=O)Nc1c(Cl)cccc1Cl)C(=O)C(N)C1CCOCC1. The van der Waals surface area contributed by atoms with Gasteiger partial charge in [0.25, 0.3) is 0 Å². The van der Waals surface area contributed by atoms with Gasteiger partial charge >= 0.3 is 0 Å². The Hall–Kier alpha value is -1.34. The van der Waals surface area contributed by atoms with Gasteiger partial charge in [-0.3, -0.25) is 9.59 Å². The van der Waals surface area contributed by atoms with Crippen molar-refractivity contribution < 1.29 is 14.3 Å². The number of ether oxygens (including phenoxy) is 1. The van der Waals surface area contributed by atoms with E-state index >= 15 is 0 Å². The van der Waals surface area contributed by atoms with Crippen molar-refractivity contribution in [2.75, 3.05) is 32.1 Å². The van der Waals surface area contributed by atoms with E-state index < -0.39 is 6.04 Å². The molecule has 0 saturated carbocycles. The molecule has 3 N–H and O–H groups in total. The number of benzene rings is 1. The summed E-state index contributed by atoms with van der Waals surface area (Å²) in [6, 6.07) is 4.30. The fourth-order valence-corrected chi connectivity index (χ4v) is 3.11. The van der Waals surface area contributed by atoms with Gasteiger partial charge in [-0.1, -0.05) is 29.3 Å². The molecule has 1 unspecified atom stereocenters. The van der Waals surface area contributed by atoms with Gasteiger partial charge in [0.1, 0.15) is 0 Å². The molecule has 1 aromatic carbocycles. The van der Waals surface area contributed by atoms with Gasteiger partial charge in [0.2, 0.25) is 11.8 Å². The molecule has 0 bridgehead atoms. The summed E-state index contributed by atoms with van der Waals surface area (Å²) in [6.45, 7) is 1.10. The molecule has 24 heavy (non-hydrogen) atoms. The van der Waals surface area contributed by atoms with E-state index in [1.807, 2.05) is 0 Å². The molecule has 1 fully saturated rings. The number of likely N-dealkylation sites (N-methyl/N-ethyl adjacent to an activating group) is 1. The molecule has 1 aliphatic rings. The van der Waals surface area contributed by atoms with Gasteiger partial charge in [-0.15, -0.1) is 0 Å². The lowest BCUT2D eigenvalue weighted by Crippen LogP contribution is -2.49. The monoisotopic (exact) mass is 373 g/mol. The second-order valence-electron chi connectivity index (χ2n) is 5.81. The standard InChI is InChI=1S/C16H21Cl2N3O3/c1-21(16(23)14(19)10-5-7-24-8-6-10)9-13(22)20-15-11(17)3-2-4-12(15)18/h2-4,10,14H,5-9,19H2,1H3,(H,20,22). The Labute approximate surface area is 151 Å². The molecule has 1 heterocycles. The third-order valence-corrected chi connectivity index (χ3v) is 4.67. The largest absolute Gasteiger partial charge is 0.381 e. The van der Waals surface area contributed by atoms with Crippen molar-refractivity contribution in [3.63, 3.8) is 0 Å². The topological polar surface area (TPSA) is 84.7 Å². The third kappa shape index (κ3) is 4.83. The zero-order valence-electron chi connectivity index (χ0n) is 13.4. The maximum absolute atomic E-state index is 12.4. The van der Waals surface area contributed by atoms with Crippen molar-refractivity contribution in [3.05, 3.63) is 28.2 Å². The van der Waals surface area contributed by atoms with Crippen LogP contribution in [0.5, 0.6) is 0 Å². The maximum atomic E-state index is 12.4. The Morgan fingerprint density at radius 2 is 1.92 bits per heavy atom. The molecule has 1 atom stereocenters. The minimum Gasteiger partial charge on any atom is -0.381 e. The number of hydrogen-bond acceptors (Lipinski definition) is 4. The number of anilines is 1. The van der Waals surface area contributed by atoms with Crippen molar-refractivity contribution in [1.29, 1.82) is 0 Å². The zero-order chi connectivity index (χ0) is 17.7. The van der Waals surface area contributed by atoms with Crippen molar-refractivity contribution in [2.45, 2.75) is 18.9 Å². The minimum absolute atomic E-state index is 0.0785. The zero-order valence-corrected chi connectivity index (χ0v) is 14.9. The van der Waals surface area contributed by atoms with E-state index in [9.17, 15) is 9.59 Å². The van der Waals surface area contributed by atoms with E-state index in [1.165, 1.54) is 4.90 Å². The fraction of sp³-hybridized carbons (Fsp3) is 0.500. The van der Waals surface area contributed by atoms with Gasteiger partial charge in [-0.25, -0.2) is 0 Å². The number of amides is 2. The number of rotatable bonds is 5. The lowest BCUT2D eigenvalue weighted by molar-refractivity contribution is -0.136. The Morgan fingerprint density at radius 1 is 1.33 bits per heavy atom. The van der Waals surface area contributed by atoms with Crippen molar-refractivity contribution in [3.8, 4) is 0 Å². The Balaban J connectivity index is 1.91. The van der Waals surface area contributed by atoms with E-state index in [2.05, 4.69) is 5.32 Å². The predicted octanol–water partition coefficient (Wildman–Crippen LogP) is 2.14. The highest BCUT2D eigenvalue weighted by Crippen LogP contribution is 2.29. The first-order valence-corrected chi connectivity index (χ1v) is 8.48. The lowest BCUT2D eigenvalue weighted by atomic mass is 9.91. The summed E-state index contributed by atoms with van der Waals surface area (Å²) >= 11 is 12.0. The van der Waals surface area contributed by atoms with Gasteiger partial charge in [0, 0.05) is 20.3 Å². The Kier molecular flexibility index (Phi) is 6.86. The van der Waals surface area contributed by atoms with Gasteiger partial charge in [0.15, 0.2) is 0 Å². The molecule has 1 saturated heterocycles. The van der Waals surface area contributed by atoms with Crippen LogP contribution in [0.4, 0.5) is 5.69 Å². The fourth-order valence-electron chi connectivity index (χ4n) is 2.62. The van der Waals surface area contributed by atoms with Gasteiger partial charge in [0.05, 0.1) is 28.3 Å². The molecule has 1 aliphatic heterocycles. The van der Waals surface area contributed by atoms with Crippen LogP contribution in [-0.4, -0.2) is 49.6 Å². The average Bonchev–Trinajstić information content (AvgIpc) is 2.57. The Morgan fingerprint density at radius 3 is 2.50 bits per heavy atom. The van der Waals surface area contributed by atoms with Crippen LogP contribution in [0.3, 0.4) is 0 Å². The minimum atomic E-state index is -0.629. The van der Waals surface area contributed by atoms with Crippen LogP contribution in [0, 0.1) is 5.92 Å². The molecule has 6 nitrogen and oxygen atoms in total. The number of nitrogens with two attached hydrogens (primary N) is 1. The number of para-hydroxylation sites is 1. The van der Waals surface area contributed by atoms with Crippen molar-refractivity contribution in [1.82, 2.24) is 4.90 Å².